The van der Waals surface area contributed by atoms with E-state index in [9.17, 15) is 22.9 Å². The third-order valence-electron chi connectivity index (χ3n) is 3.11. The van der Waals surface area contributed by atoms with E-state index >= 15 is 0 Å². The van der Waals surface area contributed by atoms with Gasteiger partial charge in [0.25, 0.3) is 5.56 Å². The number of halogens is 2. The molecule has 0 fully saturated rings. The molecule has 23 heavy (non-hydrogen) atoms. The van der Waals surface area contributed by atoms with Crippen molar-refractivity contribution in [2.45, 2.75) is 38.4 Å². The first-order valence-corrected chi connectivity index (χ1v) is 9.63. The Kier molecular flexibility index (Phi) is 7.19. The molecule has 1 heterocycles. The lowest BCUT2D eigenvalue weighted by atomic mass is 10.2. The van der Waals surface area contributed by atoms with Crippen molar-refractivity contribution in [1.82, 2.24) is 9.55 Å². The molecule has 0 unspecified atom stereocenters. The number of aryl methyl sites for hydroxylation is 2. The van der Waals surface area contributed by atoms with Crippen LogP contribution in [0.4, 0.5) is 8.78 Å². The monoisotopic (exact) mass is 372 g/mol. The van der Waals surface area contributed by atoms with E-state index in [4.69, 9.17) is 9.79 Å². The number of aromatic amines is 1. The van der Waals surface area contributed by atoms with Gasteiger partial charge in [0, 0.05) is 30.5 Å². The van der Waals surface area contributed by atoms with Gasteiger partial charge in [-0.2, -0.15) is 20.5 Å². The summed E-state index contributed by atoms with van der Waals surface area (Å²) in [7, 11) is -5.39. The first-order valence-electron chi connectivity index (χ1n) is 6.86. The lowest BCUT2D eigenvalue weighted by molar-refractivity contribution is 0.0482. The van der Waals surface area contributed by atoms with Gasteiger partial charge in [0.05, 0.1) is 0 Å². The van der Waals surface area contributed by atoms with Gasteiger partial charge in [-0.1, -0.05) is 0 Å². The van der Waals surface area contributed by atoms with Gasteiger partial charge < -0.3 is 9.79 Å². The third kappa shape index (κ3) is 6.21. The maximum Gasteiger partial charge on any atom is 0.394 e. The Bertz CT molecular complexity index is 685. The van der Waals surface area contributed by atoms with Gasteiger partial charge in [0.2, 0.25) is 0 Å². The van der Waals surface area contributed by atoms with E-state index in [-0.39, 0.29) is 6.42 Å². The predicted molar refractivity (Wildman–Crippen MR) is 84.2 cm³/mol. The highest BCUT2D eigenvalue weighted by molar-refractivity contribution is 7.99. The summed E-state index contributed by atoms with van der Waals surface area (Å²) in [5.74, 6) is 1.09. The fraction of sp³-hybridized carbons (Fsp3) is 0.667. The van der Waals surface area contributed by atoms with Gasteiger partial charge in [-0.3, -0.25) is 18.9 Å². The molecule has 7 nitrogen and oxygen atoms in total. The van der Waals surface area contributed by atoms with Crippen molar-refractivity contribution in [3.8, 4) is 0 Å². The fourth-order valence-corrected chi connectivity index (χ4v) is 3.12. The fourth-order valence-electron chi connectivity index (χ4n) is 1.74. The number of rotatable bonds is 9. The highest BCUT2D eigenvalue weighted by Crippen LogP contribution is 2.55. The van der Waals surface area contributed by atoms with E-state index in [1.54, 1.807) is 6.92 Å². The van der Waals surface area contributed by atoms with E-state index in [0.29, 0.717) is 30.0 Å². The zero-order valence-corrected chi connectivity index (χ0v) is 14.2. The molecule has 1 rings (SSSR count). The number of alkyl halides is 2. The smallest absolute Gasteiger partial charge is 0.320 e. The zero-order chi connectivity index (χ0) is 17.7. The van der Waals surface area contributed by atoms with Crippen LogP contribution in [0.15, 0.2) is 15.8 Å². The molecule has 3 N–H and O–H groups in total. The molecule has 1 aromatic heterocycles. The lowest BCUT2D eigenvalue weighted by Crippen LogP contribution is -2.31. The van der Waals surface area contributed by atoms with Gasteiger partial charge in [-0.15, -0.1) is 0 Å². The SMILES string of the molecule is Cc1cn(CCSCCCCC(F)(F)P(=O)(O)O)c(=O)[nH]c1=O. The molecule has 0 atom stereocenters. The molecule has 1 aromatic rings. The minimum atomic E-state index is -5.39. The van der Waals surface area contributed by atoms with E-state index in [0.717, 1.165) is 0 Å². The number of H-pyrrole nitrogens is 1. The predicted octanol–water partition coefficient (Wildman–Crippen LogP) is 1.52. The molecule has 0 aliphatic rings. The Hall–Kier alpha value is -0.960. The summed E-state index contributed by atoms with van der Waals surface area (Å²) >= 11 is 1.43. The van der Waals surface area contributed by atoms with Gasteiger partial charge in [-0.05, 0) is 25.5 Å². The van der Waals surface area contributed by atoms with Crippen molar-refractivity contribution in [2.75, 3.05) is 11.5 Å². The van der Waals surface area contributed by atoms with E-state index in [1.807, 2.05) is 0 Å². The number of aromatic nitrogens is 2. The highest BCUT2D eigenvalue weighted by Gasteiger charge is 2.47. The summed E-state index contributed by atoms with van der Waals surface area (Å²) in [6.07, 6.45) is 1.00. The van der Waals surface area contributed by atoms with E-state index in [1.165, 1.54) is 22.5 Å². The summed E-state index contributed by atoms with van der Waals surface area (Å²) < 4.78 is 37.9. The van der Waals surface area contributed by atoms with Crippen LogP contribution in [0.5, 0.6) is 0 Å². The molecule has 0 saturated carbocycles. The molecule has 0 aliphatic carbocycles. The van der Waals surface area contributed by atoms with E-state index < -0.39 is 30.9 Å². The minimum Gasteiger partial charge on any atom is -0.320 e. The lowest BCUT2D eigenvalue weighted by Gasteiger charge is -2.17. The Morgan fingerprint density at radius 1 is 1.30 bits per heavy atom. The molecule has 0 radical (unpaired) electrons. The van der Waals surface area contributed by atoms with Crippen molar-refractivity contribution in [3.05, 3.63) is 32.6 Å². The number of nitrogens with zero attached hydrogens (tertiary/aromatic N) is 1. The summed E-state index contributed by atoms with van der Waals surface area (Å²) in [4.78, 5) is 41.8. The van der Waals surface area contributed by atoms with Gasteiger partial charge in [0.1, 0.15) is 0 Å². The molecule has 0 aliphatic heterocycles. The average molecular weight is 372 g/mol. The van der Waals surface area contributed by atoms with Crippen LogP contribution in [0.3, 0.4) is 0 Å². The number of hydrogen-bond donors (Lipinski definition) is 3. The third-order valence-corrected chi connectivity index (χ3v) is 5.23. The van der Waals surface area contributed by atoms with Crippen LogP contribution in [0.25, 0.3) is 0 Å². The van der Waals surface area contributed by atoms with E-state index in [2.05, 4.69) is 4.98 Å². The van der Waals surface area contributed by atoms with Gasteiger partial charge in [0.15, 0.2) is 0 Å². The highest BCUT2D eigenvalue weighted by atomic mass is 32.2. The first kappa shape index (κ1) is 20.1. The Morgan fingerprint density at radius 3 is 2.57 bits per heavy atom. The Labute approximate surface area is 135 Å². The van der Waals surface area contributed by atoms with Crippen LogP contribution in [0.1, 0.15) is 24.8 Å². The summed E-state index contributed by atoms with van der Waals surface area (Å²) in [6, 6.07) is 0. The maximum atomic E-state index is 13.0. The molecule has 11 heteroatoms. The first-order chi connectivity index (χ1) is 10.5. The van der Waals surface area contributed by atoms with Crippen molar-refractivity contribution in [3.63, 3.8) is 0 Å². The second-order valence-corrected chi connectivity index (χ2v) is 8.01. The van der Waals surface area contributed by atoms with Crippen LogP contribution < -0.4 is 11.2 Å². The average Bonchev–Trinajstić information content (AvgIpc) is 2.41. The topological polar surface area (TPSA) is 112 Å². The Balaban J connectivity index is 2.27. The summed E-state index contributed by atoms with van der Waals surface area (Å²) in [5, 5.41) is 0. The molecule has 0 spiro atoms. The zero-order valence-electron chi connectivity index (χ0n) is 12.5. The van der Waals surface area contributed by atoms with Crippen LogP contribution in [0.2, 0.25) is 0 Å². The molecule has 132 valence electrons. The van der Waals surface area contributed by atoms with Crippen LogP contribution >= 0.6 is 19.4 Å². The molecule has 0 saturated heterocycles. The van der Waals surface area contributed by atoms with Gasteiger partial charge >= 0.3 is 18.9 Å². The van der Waals surface area contributed by atoms with Crippen molar-refractivity contribution in [1.29, 1.82) is 0 Å². The molecular formula is C12H19F2N2O5PS. The molecule has 0 bridgehead atoms. The largest absolute Gasteiger partial charge is 0.394 e. The van der Waals surface area contributed by atoms with Crippen LogP contribution in [-0.2, 0) is 11.1 Å². The molecular weight excluding hydrogens is 353 g/mol. The molecule has 0 aromatic carbocycles. The second kappa shape index (κ2) is 8.23. The van der Waals surface area contributed by atoms with Gasteiger partial charge in [-0.25, -0.2) is 4.79 Å². The van der Waals surface area contributed by atoms with Crippen molar-refractivity contribution >= 4 is 19.4 Å². The maximum absolute atomic E-state index is 13.0. The molecule has 0 amide bonds. The summed E-state index contributed by atoms with van der Waals surface area (Å²) in [5.41, 5.74) is -4.47. The standard InChI is InChI=1S/C12H19F2N2O5PS/c1-9-8-16(11(18)15-10(9)17)5-7-23-6-3-2-4-12(13,14)22(19,20)21/h8H,2-7H2,1H3,(H,15,17,18)(H2,19,20,21). The minimum absolute atomic E-state index is 0.00280. The normalized spacial score (nSPS) is 12.6. The number of thioether (sulfide) groups is 1. The van der Waals surface area contributed by atoms with Crippen molar-refractivity contribution in [2.24, 2.45) is 0 Å². The van der Waals surface area contributed by atoms with Crippen molar-refractivity contribution < 1.29 is 23.1 Å². The summed E-state index contributed by atoms with van der Waals surface area (Å²) in [6.45, 7) is 1.96. The number of hydrogen-bond acceptors (Lipinski definition) is 4. The van der Waals surface area contributed by atoms with Crippen LogP contribution in [0, 0.1) is 6.92 Å². The second-order valence-electron chi connectivity index (χ2n) is 5.04. The van der Waals surface area contributed by atoms with Crippen LogP contribution in [-0.4, -0.2) is 36.5 Å². The Morgan fingerprint density at radius 2 is 1.96 bits per heavy atom. The quantitative estimate of drug-likeness (QED) is 0.448. The number of nitrogens with one attached hydrogen (secondary N) is 1. The number of unbranched alkanes of at least 4 members (excludes halogenated alkanes) is 1.